The Hall–Kier alpha value is -1.78. The fraction of sp³-hybridized carbons (Fsp3) is 0.333. The van der Waals surface area contributed by atoms with Crippen molar-refractivity contribution in [1.29, 1.82) is 0 Å². The third-order valence-electron chi connectivity index (χ3n) is 3.35. The summed E-state index contributed by atoms with van der Waals surface area (Å²) in [7, 11) is 1.46. The molecule has 0 fully saturated rings. The smallest absolute Gasteiger partial charge is 0.370 e. The van der Waals surface area contributed by atoms with Crippen molar-refractivity contribution in [3.8, 4) is 5.69 Å². The number of aryl methyl sites for hydroxylation is 2. The predicted octanol–water partition coefficient (Wildman–Crippen LogP) is 3.16. The Labute approximate surface area is 155 Å². The first-order valence-electron chi connectivity index (χ1n) is 6.92. The number of nitrogens with zero attached hydrogens (tertiary/aromatic N) is 3. The lowest BCUT2D eigenvalue weighted by Gasteiger charge is -2.16. The molecule has 0 unspecified atom stereocenters. The summed E-state index contributed by atoms with van der Waals surface area (Å²) in [4.78, 5) is 3.66. The minimum atomic E-state index is -4.47. The zero-order chi connectivity index (χ0) is 17.2. The van der Waals surface area contributed by atoms with E-state index < -0.39 is 11.7 Å². The normalized spacial score (nSPS) is 12.0. The molecule has 132 valence electrons. The van der Waals surface area contributed by atoms with Crippen LogP contribution in [0.25, 0.3) is 5.69 Å². The van der Waals surface area contributed by atoms with Crippen molar-refractivity contribution in [2.24, 2.45) is 10.7 Å². The highest BCUT2D eigenvalue weighted by Gasteiger charge is 2.33. The molecule has 0 amide bonds. The summed E-state index contributed by atoms with van der Waals surface area (Å²) in [5.74, 6) is 0.0840. The average Bonchev–Trinajstić information content (AvgIpc) is 2.82. The molecule has 1 heterocycles. The molecule has 0 saturated carbocycles. The lowest BCUT2D eigenvalue weighted by atomic mass is 10.1. The molecule has 2 aromatic rings. The third kappa shape index (κ3) is 4.62. The Morgan fingerprint density at radius 2 is 1.96 bits per heavy atom. The Bertz CT molecular complexity index is 737. The van der Waals surface area contributed by atoms with Crippen LogP contribution in [0, 0.1) is 13.8 Å². The molecule has 0 spiro atoms. The van der Waals surface area contributed by atoms with E-state index in [4.69, 9.17) is 5.73 Å². The number of nitrogens with two attached hydrogens (primary N) is 1. The molecule has 5 nitrogen and oxygen atoms in total. The van der Waals surface area contributed by atoms with Gasteiger partial charge in [0.05, 0.1) is 16.9 Å². The summed E-state index contributed by atoms with van der Waals surface area (Å²) >= 11 is 0. The summed E-state index contributed by atoms with van der Waals surface area (Å²) in [5.41, 5.74) is 6.71. The van der Waals surface area contributed by atoms with Crippen LogP contribution in [0.5, 0.6) is 0 Å². The molecular weight excluding hydrogens is 434 g/mol. The lowest BCUT2D eigenvalue weighted by Crippen LogP contribution is -2.31. The van der Waals surface area contributed by atoms with Gasteiger partial charge in [-0.15, -0.1) is 24.0 Å². The molecule has 3 N–H and O–H groups in total. The fourth-order valence-corrected chi connectivity index (χ4v) is 2.27. The highest BCUT2D eigenvalue weighted by Crippen LogP contribution is 2.33. The number of hydrogen-bond donors (Lipinski definition) is 2. The maximum absolute atomic E-state index is 13.3. The minimum absolute atomic E-state index is 0. The predicted molar refractivity (Wildman–Crippen MR) is 97.8 cm³/mol. The zero-order valence-corrected chi connectivity index (χ0v) is 15.8. The number of alkyl halides is 3. The summed E-state index contributed by atoms with van der Waals surface area (Å²) in [6, 6.07) is 5.92. The molecule has 24 heavy (non-hydrogen) atoms. The van der Waals surface area contributed by atoms with Gasteiger partial charge in [-0.05, 0) is 37.6 Å². The van der Waals surface area contributed by atoms with E-state index in [0.29, 0.717) is 5.69 Å². The minimum Gasteiger partial charge on any atom is -0.370 e. The van der Waals surface area contributed by atoms with Crippen molar-refractivity contribution in [2.45, 2.75) is 26.6 Å². The second-order valence-corrected chi connectivity index (χ2v) is 5.14. The zero-order valence-electron chi connectivity index (χ0n) is 13.5. The van der Waals surface area contributed by atoms with Gasteiger partial charge in [-0.2, -0.15) is 18.3 Å². The highest BCUT2D eigenvalue weighted by atomic mass is 127. The lowest BCUT2D eigenvalue weighted by molar-refractivity contribution is -0.138. The Kier molecular flexibility index (Phi) is 6.64. The van der Waals surface area contributed by atoms with Crippen LogP contribution < -0.4 is 11.1 Å². The summed E-state index contributed by atoms with van der Waals surface area (Å²) in [6.07, 6.45) is -4.47. The van der Waals surface area contributed by atoms with Gasteiger partial charge in [0.1, 0.15) is 0 Å². The van der Waals surface area contributed by atoms with Crippen molar-refractivity contribution < 1.29 is 13.2 Å². The van der Waals surface area contributed by atoms with Gasteiger partial charge in [-0.1, -0.05) is 6.07 Å². The van der Waals surface area contributed by atoms with Gasteiger partial charge < -0.3 is 11.1 Å². The molecule has 0 aliphatic rings. The molecule has 0 aliphatic carbocycles. The average molecular weight is 453 g/mol. The van der Waals surface area contributed by atoms with E-state index in [9.17, 15) is 13.2 Å². The number of halogens is 4. The van der Waals surface area contributed by atoms with Gasteiger partial charge in [0.15, 0.2) is 5.96 Å². The highest BCUT2D eigenvalue weighted by molar-refractivity contribution is 14.0. The molecule has 0 atom stereocenters. The van der Waals surface area contributed by atoms with Crippen LogP contribution in [-0.2, 0) is 12.7 Å². The van der Waals surface area contributed by atoms with Gasteiger partial charge in [-0.3, -0.25) is 4.99 Å². The number of aromatic nitrogens is 2. The van der Waals surface area contributed by atoms with Crippen LogP contribution in [0.1, 0.15) is 22.5 Å². The fourth-order valence-electron chi connectivity index (χ4n) is 2.27. The van der Waals surface area contributed by atoms with Crippen LogP contribution in [0.15, 0.2) is 29.3 Å². The van der Waals surface area contributed by atoms with E-state index >= 15 is 0 Å². The molecule has 1 aromatic carbocycles. The molecule has 2 rings (SSSR count). The SMILES string of the molecule is CN=C(N)NCc1ccc(-n2nc(C)cc2C)cc1C(F)(F)F.I. The second kappa shape index (κ2) is 7.86. The quantitative estimate of drug-likeness (QED) is 0.427. The first-order valence-corrected chi connectivity index (χ1v) is 6.92. The van der Waals surface area contributed by atoms with Crippen LogP contribution in [0.3, 0.4) is 0 Å². The molecule has 9 heteroatoms. The van der Waals surface area contributed by atoms with Gasteiger partial charge in [0.25, 0.3) is 0 Å². The van der Waals surface area contributed by atoms with E-state index in [1.165, 1.54) is 17.8 Å². The van der Waals surface area contributed by atoms with Crippen LogP contribution in [0.2, 0.25) is 0 Å². The first-order chi connectivity index (χ1) is 10.7. The largest absolute Gasteiger partial charge is 0.416 e. The van der Waals surface area contributed by atoms with E-state index in [-0.39, 0.29) is 42.0 Å². The van der Waals surface area contributed by atoms with Crippen LogP contribution >= 0.6 is 24.0 Å². The monoisotopic (exact) mass is 453 g/mol. The Balaban J connectivity index is 0.00000288. The number of aliphatic imine (C=N–C) groups is 1. The van der Waals surface area contributed by atoms with Crippen molar-refractivity contribution in [3.05, 3.63) is 46.8 Å². The van der Waals surface area contributed by atoms with Gasteiger partial charge in [0.2, 0.25) is 0 Å². The number of guanidine groups is 1. The summed E-state index contributed by atoms with van der Waals surface area (Å²) in [6.45, 7) is 3.52. The maximum Gasteiger partial charge on any atom is 0.416 e. The van der Waals surface area contributed by atoms with Crippen LogP contribution in [0.4, 0.5) is 13.2 Å². The Morgan fingerprint density at radius 1 is 1.29 bits per heavy atom. The maximum atomic E-state index is 13.3. The molecule has 0 saturated heterocycles. The van der Waals surface area contributed by atoms with Crippen molar-refractivity contribution in [3.63, 3.8) is 0 Å². The number of nitrogens with one attached hydrogen (secondary N) is 1. The topological polar surface area (TPSA) is 68.2 Å². The molecule has 0 bridgehead atoms. The standard InChI is InChI=1S/C15H18F3N5.HI/c1-9-6-10(2)23(22-9)12-5-4-11(8-21-14(19)20-3)13(7-12)15(16,17)18;/h4-7H,8H2,1-3H3,(H3,19,20,21);1H. The summed E-state index contributed by atoms with van der Waals surface area (Å²) in [5, 5.41) is 6.86. The first kappa shape index (κ1) is 20.3. The summed E-state index contributed by atoms with van der Waals surface area (Å²) < 4.78 is 41.5. The van der Waals surface area contributed by atoms with Crippen molar-refractivity contribution in [2.75, 3.05) is 7.05 Å². The number of benzene rings is 1. The molecule has 0 radical (unpaired) electrons. The third-order valence-corrected chi connectivity index (χ3v) is 3.35. The van der Waals surface area contributed by atoms with E-state index in [1.807, 2.05) is 0 Å². The van der Waals surface area contributed by atoms with Gasteiger partial charge in [0, 0.05) is 19.3 Å². The van der Waals surface area contributed by atoms with Gasteiger partial charge in [-0.25, -0.2) is 4.68 Å². The second-order valence-electron chi connectivity index (χ2n) is 5.14. The van der Waals surface area contributed by atoms with E-state index in [2.05, 4.69) is 15.4 Å². The molecule has 0 aliphatic heterocycles. The number of hydrogen-bond acceptors (Lipinski definition) is 2. The number of rotatable bonds is 3. The van der Waals surface area contributed by atoms with E-state index in [0.717, 1.165) is 17.5 Å². The van der Waals surface area contributed by atoms with Crippen molar-refractivity contribution in [1.82, 2.24) is 15.1 Å². The van der Waals surface area contributed by atoms with E-state index in [1.54, 1.807) is 26.0 Å². The Morgan fingerprint density at radius 3 is 2.46 bits per heavy atom. The molecular formula is C15H19F3IN5. The van der Waals surface area contributed by atoms with Crippen molar-refractivity contribution >= 4 is 29.9 Å². The molecule has 1 aromatic heterocycles. The van der Waals surface area contributed by atoms with Crippen LogP contribution in [-0.4, -0.2) is 22.8 Å². The van der Waals surface area contributed by atoms with Gasteiger partial charge >= 0.3 is 6.18 Å².